The highest BCUT2D eigenvalue weighted by atomic mass is 35.5. The molecule has 9 heteroatoms. The molecule has 136 valence electrons. The first kappa shape index (κ1) is 18.3. The molecule has 0 bridgehead atoms. The maximum Gasteiger partial charge on any atom is 0.242 e. The van der Waals surface area contributed by atoms with Crippen LogP contribution in [0.4, 0.5) is 5.95 Å². The van der Waals surface area contributed by atoms with Gasteiger partial charge in [0.05, 0.1) is 7.11 Å². The minimum absolute atomic E-state index is 0.381. The zero-order chi connectivity index (χ0) is 18.5. The standard InChI is InChI=1S/C17H17Cl2N5O2/c1-24-17(21-22-23-24)20-9-12-7-15(25-2)16(8-14(12)19)26-10-11-3-5-13(18)6-4-11/h3-8H,9-10H2,1-2H3,(H,20,21,23). The van der Waals surface area contributed by atoms with Crippen molar-refractivity contribution in [3.05, 3.63) is 57.6 Å². The lowest BCUT2D eigenvalue weighted by Crippen LogP contribution is -2.07. The summed E-state index contributed by atoms with van der Waals surface area (Å²) >= 11 is 12.3. The Bertz CT molecular complexity index is 883. The van der Waals surface area contributed by atoms with E-state index < -0.39 is 0 Å². The van der Waals surface area contributed by atoms with Crippen molar-refractivity contribution in [3.8, 4) is 11.5 Å². The minimum atomic E-state index is 0.381. The molecule has 0 aliphatic rings. The second kappa shape index (κ2) is 8.25. The second-order valence-electron chi connectivity index (χ2n) is 5.49. The van der Waals surface area contributed by atoms with Gasteiger partial charge in [0.15, 0.2) is 11.5 Å². The molecule has 0 saturated heterocycles. The van der Waals surface area contributed by atoms with E-state index in [1.165, 1.54) is 4.68 Å². The molecule has 7 nitrogen and oxygen atoms in total. The van der Waals surface area contributed by atoms with E-state index >= 15 is 0 Å². The molecule has 0 unspecified atom stereocenters. The number of anilines is 1. The van der Waals surface area contributed by atoms with Gasteiger partial charge in [0.25, 0.3) is 0 Å². The maximum atomic E-state index is 6.39. The van der Waals surface area contributed by atoms with Crippen molar-refractivity contribution in [1.82, 2.24) is 20.2 Å². The third kappa shape index (κ3) is 4.36. The molecule has 0 saturated carbocycles. The third-order valence-electron chi connectivity index (χ3n) is 3.70. The molecule has 0 fully saturated rings. The van der Waals surface area contributed by atoms with Crippen molar-refractivity contribution in [3.63, 3.8) is 0 Å². The molecule has 0 amide bonds. The number of ether oxygens (including phenoxy) is 2. The van der Waals surface area contributed by atoms with Gasteiger partial charge in [-0.25, -0.2) is 4.68 Å². The van der Waals surface area contributed by atoms with Crippen LogP contribution in [0.3, 0.4) is 0 Å². The Morgan fingerprint density at radius 1 is 1.12 bits per heavy atom. The van der Waals surface area contributed by atoms with Crippen LogP contribution in [0.15, 0.2) is 36.4 Å². The number of nitrogens with zero attached hydrogens (tertiary/aromatic N) is 4. The number of tetrazole rings is 1. The van der Waals surface area contributed by atoms with Gasteiger partial charge < -0.3 is 14.8 Å². The lowest BCUT2D eigenvalue weighted by atomic mass is 10.2. The van der Waals surface area contributed by atoms with Crippen LogP contribution in [-0.4, -0.2) is 27.3 Å². The van der Waals surface area contributed by atoms with Crippen LogP contribution in [0.25, 0.3) is 0 Å². The van der Waals surface area contributed by atoms with Gasteiger partial charge in [-0.1, -0.05) is 40.4 Å². The van der Waals surface area contributed by atoms with E-state index in [1.807, 2.05) is 30.3 Å². The van der Waals surface area contributed by atoms with Gasteiger partial charge in [-0.2, -0.15) is 0 Å². The highest BCUT2D eigenvalue weighted by molar-refractivity contribution is 6.31. The Balaban J connectivity index is 1.71. The molecule has 0 radical (unpaired) electrons. The van der Waals surface area contributed by atoms with E-state index in [9.17, 15) is 0 Å². The monoisotopic (exact) mass is 393 g/mol. The topological polar surface area (TPSA) is 74.1 Å². The average molecular weight is 394 g/mol. The number of hydrogen-bond donors (Lipinski definition) is 1. The number of hydrogen-bond acceptors (Lipinski definition) is 6. The first-order chi connectivity index (χ1) is 12.6. The summed E-state index contributed by atoms with van der Waals surface area (Å²) in [5.74, 6) is 1.70. The highest BCUT2D eigenvalue weighted by Crippen LogP contribution is 2.34. The summed E-state index contributed by atoms with van der Waals surface area (Å²) < 4.78 is 12.8. The predicted octanol–water partition coefficient (Wildman–Crippen LogP) is 3.72. The van der Waals surface area contributed by atoms with Crippen molar-refractivity contribution in [2.75, 3.05) is 12.4 Å². The SMILES string of the molecule is COc1cc(CNc2nnnn2C)c(Cl)cc1OCc1ccc(Cl)cc1. The fourth-order valence-electron chi connectivity index (χ4n) is 2.28. The van der Waals surface area contributed by atoms with E-state index in [0.717, 1.165) is 11.1 Å². The van der Waals surface area contributed by atoms with E-state index in [4.69, 9.17) is 32.7 Å². The van der Waals surface area contributed by atoms with Gasteiger partial charge in [-0.3, -0.25) is 0 Å². The van der Waals surface area contributed by atoms with E-state index in [-0.39, 0.29) is 0 Å². The number of nitrogens with one attached hydrogen (secondary N) is 1. The normalized spacial score (nSPS) is 10.6. The van der Waals surface area contributed by atoms with E-state index in [0.29, 0.717) is 40.6 Å². The number of aryl methyl sites for hydroxylation is 1. The van der Waals surface area contributed by atoms with Crippen LogP contribution in [0.1, 0.15) is 11.1 Å². The molecule has 0 spiro atoms. The number of benzene rings is 2. The molecule has 1 N–H and O–H groups in total. The van der Waals surface area contributed by atoms with Gasteiger partial charge in [0.2, 0.25) is 5.95 Å². The van der Waals surface area contributed by atoms with Crippen LogP contribution < -0.4 is 14.8 Å². The maximum absolute atomic E-state index is 6.39. The van der Waals surface area contributed by atoms with Crippen molar-refractivity contribution < 1.29 is 9.47 Å². The summed E-state index contributed by atoms with van der Waals surface area (Å²) in [6, 6.07) is 11.0. The first-order valence-electron chi connectivity index (χ1n) is 7.76. The Labute approximate surface area is 160 Å². The fourth-order valence-corrected chi connectivity index (χ4v) is 2.63. The van der Waals surface area contributed by atoms with E-state index in [2.05, 4.69) is 20.8 Å². The quantitative estimate of drug-likeness (QED) is 0.659. The molecular weight excluding hydrogens is 377 g/mol. The van der Waals surface area contributed by atoms with Crippen LogP contribution in [0.5, 0.6) is 11.5 Å². The summed E-state index contributed by atoms with van der Waals surface area (Å²) in [4.78, 5) is 0. The largest absolute Gasteiger partial charge is 0.493 e. The van der Waals surface area contributed by atoms with Crippen LogP contribution in [-0.2, 0) is 20.2 Å². The smallest absolute Gasteiger partial charge is 0.242 e. The van der Waals surface area contributed by atoms with Crippen molar-refractivity contribution in [1.29, 1.82) is 0 Å². The van der Waals surface area contributed by atoms with Crippen LogP contribution in [0, 0.1) is 0 Å². The van der Waals surface area contributed by atoms with Crippen LogP contribution >= 0.6 is 23.2 Å². The van der Waals surface area contributed by atoms with Gasteiger partial charge in [-0.15, -0.1) is 0 Å². The molecule has 3 rings (SSSR count). The van der Waals surface area contributed by atoms with E-state index in [1.54, 1.807) is 20.2 Å². The number of rotatable bonds is 7. The molecule has 1 heterocycles. The molecule has 26 heavy (non-hydrogen) atoms. The minimum Gasteiger partial charge on any atom is -0.493 e. The first-order valence-corrected chi connectivity index (χ1v) is 8.52. The van der Waals surface area contributed by atoms with Crippen molar-refractivity contribution in [2.24, 2.45) is 7.05 Å². The van der Waals surface area contributed by atoms with Gasteiger partial charge >= 0.3 is 0 Å². The average Bonchev–Trinajstić information content (AvgIpc) is 3.05. The molecule has 1 aromatic heterocycles. The van der Waals surface area contributed by atoms with Crippen LogP contribution in [0.2, 0.25) is 10.0 Å². The Morgan fingerprint density at radius 2 is 1.88 bits per heavy atom. The summed E-state index contributed by atoms with van der Waals surface area (Å²) in [5.41, 5.74) is 1.83. The summed E-state index contributed by atoms with van der Waals surface area (Å²) in [7, 11) is 3.33. The fraction of sp³-hybridized carbons (Fsp3) is 0.235. The number of methoxy groups -OCH3 is 1. The summed E-state index contributed by atoms with van der Waals surface area (Å²) in [5, 5.41) is 15.6. The molecule has 2 aromatic carbocycles. The molecule has 0 aliphatic heterocycles. The second-order valence-corrected chi connectivity index (χ2v) is 6.33. The summed E-state index contributed by atoms with van der Waals surface area (Å²) in [6.07, 6.45) is 0. The Morgan fingerprint density at radius 3 is 2.54 bits per heavy atom. The molecule has 0 atom stereocenters. The van der Waals surface area contributed by atoms with Gasteiger partial charge in [0, 0.05) is 29.7 Å². The molecule has 0 aliphatic carbocycles. The van der Waals surface area contributed by atoms with Gasteiger partial charge in [0.1, 0.15) is 6.61 Å². The molecular formula is C17H17Cl2N5O2. The zero-order valence-electron chi connectivity index (χ0n) is 14.2. The zero-order valence-corrected chi connectivity index (χ0v) is 15.8. The predicted molar refractivity (Wildman–Crippen MR) is 99.9 cm³/mol. The third-order valence-corrected chi connectivity index (χ3v) is 4.30. The van der Waals surface area contributed by atoms with Crippen molar-refractivity contribution >= 4 is 29.2 Å². The Kier molecular flexibility index (Phi) is 5.80. The number of halogens is 2. The summed E-state index contributed by atoms with van der Waals surface area (Å²) in [6.45, 7) is 0.826. The molecule has 3 aromatic rings. The Hall–Kier alpha value is -2.51. The number of aromatic nitrogens is 4. The highest BCUT2D eigenvalue weighted by Gasteiger charge is 2.12. The lowest BCUT2D eigenvalue weighted by molar-refractivity contribution is 0.284. The van der Waals surface area contributed by atoms with Gasteiger partial charge in [-0.05, 0) is 39.8 Å². The van der Waals surface area contributed by atoms with Crippen molar-refractivity contribution in [2.45, 2.75) is 13.2 Å². The lowest BCUT2D eigenvalue weighted by Gasteiger charge is -2.14.